The molecule has 0 amide bonds. The maximum absolute atomic E-state index is 8.68. The highest BCUT2D eigenvalue weighted by molar-refractivity contribution is 7.73. The fourth-order valence-electron chi connectivity index (χ4n) is 0.987. The van der Waals surface area contributed by atoms with Crippen molar-refractivity contribution in [1.82, 2.24) is 15.2 Å². The molecule has 0 aliphatic heterocycles. The van der Waals surface area contributed by atoms with Crippen molar-refractivity contribution in [3.63, 3.8) is 0 Å². The number of anilines is 1. The summed E-state index contributed by atoms with van der Waals surface area (Å²) in [7, 11) is 0. The van der Waals surface area contributed by atoms with Crippen LogP contribution in [0.5, 0.6) is 0 Å². The number of hydrogen-bond acceptors (Lipinski definition) is 6. The number of rotatable bonds is 0. The summed E-state index contributed by atoms with van der Waals surface area (Å²) in [6.07, 6.45) is 0. The first kappa shape index (κ1) is 8.10. The van der Waals surface area contributed by atoms with Crippen LogP contribution in [0.1, 0.15) is 5.69 Å². The average Bonchev–Trinajstić information content (AvgIpc) is 2.47. The molecular weight excluding hydrogens is 206 g/mol. The summed E-state index contributed by atoms with van der Waals surface area (Å²) in [6.45, 7) is 0. The predicted molar refractivity (Wildman–Crippen MR) is 51.7 cm³/mol. The molecular formula is C6H3N5S2. The molecule has 0 atom stereocenters. The molecule has 13 heavy (non-hydrogen) atoms. The third-order valence-electron chi connectivity index (χ3n) is 1.50. The second kappa shape index (κ2) is 2.76. The van der Waals surface area contributed by atoms with E-state index in [2.05, 4.69) is 15.2 Å². The molecule has 0 radical (unpaired) electrons. The molecule has 0 saturated heterocycles. The number of aromatic nitrogens is 3. The Morgan fingerprint density at radius 1 is 1.62 bits per heavy atom. The standard InChI is InChI=1S/C6H3N5S2/c7-1-2-3-4(8)13-6(12)9-5(3)11-10-2/h8H2,(H,9,11,12). The number of nitrogen functional groups attached to an aromatic ring is 1. The number of hydrogen-bond donors (Lipinski definition) is 2. The van der Waals surface area contributed by atoms with Crippen molar-refractivity contribution in [1.29, 1.82) is 5.26 Å². The maximum Gasteiger partial charge on any atom is 0.184 e. The zero-order valence-corrected chi connectivity index (χ0v) is 7.87. The number of nitrogens with one attached hydrogen (secondary N) is 1. The zero-order chi connectivity index (χ0) is 9.42. The van der Waals surface area contributed by atoms with Gasteiger partial charge in [0.2, 0.25) is 0 Å². The minimum atomic E-state index is 0.256. The molecule has 0 aromatic carbocycles. The topological polar surface area (TPSA) is 91.4 Å². The Hall–Kier alpha value is -1.52. The second-order valence-corrected chi connectivity index (χ2v) is 3.93. The molecule has 0 aliphatic rings. The van der Waals surface area contributed by atoms with E-state index in [1.807, 2.05) is 6.07 Å². The first-order valence-corrected chi connectivity index (χ1v) is 4.49. The molecule has 64 valence electrons. The fourth-order valence-corrected chi connectivity index (χ4v) is 1.97. The predicted octanol–water partition coefficient (Wildman–Crippen LogP) is 1.20. The van der Waals surface area contributed by atoms with Crippen LogP contribution in [0.2, 0.25) is 0 Å². The van der Waals surface area contributed by atoms with E-state index in [4.69, 9.17) is 23.2 Å². The molecule has 0 unspecified atom stereocenters. The molecule has 0 fully saturated rings. The molecule has 0 saturated carbocycles. The second-order valence-electron chi connectivity index (χ2n) is 2.25. The zero-order valence-electron chi connectivity index (χ0n) is 6.24. The summed E-state index contributed by atoms with van der Waals surface area (Å²) >= 11 is 6.04. The summed E-state index contributed by atoms with van der Waals surface area (Å²) in [5, 5.41) is 16.1. The number of aromatic amines is 1. The van der Waals surface area contributed by atoms with Crippen molar-refractivity contribution in [2.24, 2.45) is 0 Å². The van der Waals surface area contributed by atoms with Crippen LogP contribution in [0.25, 0.3) is 11.0 Å². The van der Waals surface area contributed by atoms with Gasteiger partial charge < -0.3 is 5.73 Å². The van der Waals surface area contributed by atoms with Crippen LogP contribution >= 0.6 is 23.6 Å². The largest absolute Gasteiger partial charge is 0.390 e. The number of H-pyrrole nitrogens is 1. The van der Waals surface area contributed by atoms with Gasteiger partial charge in [0.05, 0.1) is 5.39 Å². The van der Waals surface area contributed by atoms with Gasteiger partial charge in [-0.2, -0.15) is 10.4 Å². The molecule has 3 N–H and O–H groups in total. The van der Waals surface area contributed by atoms with E-state index in [0.29, 0.717) is 20.0 Å². The molecule has 7 heteroatoms. The van der Waals surface area contributed by atoms with Crippen LogP contribution in [-0.2, 0) is 0 Å². The fraction of sp³-hybridized carbons (Fsp3) is 0. The van der Waals surface area contributed by atoms with Crippen molar-refractivity contribution in [2.75, 3.05) is 5.73 Å². The highest BCUT2D eigenvalue weighted by Crippen LogP contribution is 2.24. The minimum Gasteiger partial charge on any atom is -0.390 e. The van der Waals surface area contributed by atoms with E-state index >= 15 is 0 Å². The molecule has 0 aliphatic carbocycles. The van der Waals surface area contributed by atoms with Crippen LogP contribution in [0, 0.1) is 15.3 Å². The van der Waals surface area contributed by atoms with Crippen LogP contribution in [0.3, 0.4) is 0 Å². The average molecular weight is 209 g/mol. The van der Waals surface area contributed by atoms with Gasteiger partial charge in [0.1, 0.15) is 11.1 Å². The molecule has 2 aromatic rings. The lowest BCUT2D eigenvalue weighted by molar-refractivity contribution is 1.08. The van der Waals surface area contributed by atoms with Gasteiger partial charge in [-0.3, -0.25) is 5.10 Å². The molecule has 2 heterocycles. The highest BCUT2D eigenvalue weighted by atomic mass is 32.1. The Kier molecular flexibility index (Phi) is 1.72. The smallest absolute Gasteiger partial charge is 0.184 e. The summed E-state index contributed by atoms with van der Waals surface area (Å²) in [5.41, 5.74) is 6.40. The Morgan fingerprint density at radius 3 is 3.08 bits per heavy atom. The SMILES string of the molecule is N#Cc1n[nH]c2nc(=S)sc(N)c12. The van der Waals surface area contributed by atoms with Crippen LogP contribution in [0.4, 0.5) is 5.00 Å². The van der Waals surface area contributed by atoms with Crippen LogP contribution in [-0.4, -0.2) is 15.2 Å². The van der Waals surface area contributed by atoms with Gasteiger partial charge in [0.15, 0.2) is 15.3 Å². The van der Waals surface area contributed by atoms with Gasteiger partial charge in [-0.1, -0.05) is 11.3 Å². The summed E-state index contributed by atoms with van der Waals surface area (Å²) in [6, 6.07) is 1.92. The van der Waals surface area contributed by atoms with E-state index in [9.17, 15) is 0 Å². The molecule has 2 aromatic heterocycles. The monoisotopic (exact) mass is 209 g/mol. The van der Waals surface area contributed by atoms with Crippen molar-refractivity contribution in [3.05, 3.63) is 9.65 Å². The molecule has 2 rings (SSSR count). The Bertz CT molecular complexity index is 560. The van der Waals surface area contributed by atoms with Gasteiger partial charge in [-0.05, 0) is 12.2 Å². The van der Waals surface area contributed by atoms with E-state index in [-0.39, 0.29) is 5.69 Å². The highest BCUT2D eigenvalue weighted by Gasteiger charge is 2.09. The van der Waals surface area contributed by atoms with Crippen molar-refractivity contribution in [3.8, 4) is 6.07 Å². The van der Waals surface area contributed by atoms with Gasteiger partial charge >= 0.3 is 0 Å². The van der Waals surface area contributed by atoms with Gasteiger partial charge in [0, 0.05) is 0 Å². The molecule has 0 spiro atoms. The summed E-state index contributed by atoms with van der Waals surface area (Å²) in [5.74, 6) is 0. The lowest BCUT2D eigenvalue weighted by Gasteiger charge is -1.91. The number of nitrogens with zero attached hydrogens (tertiary/aromatic N) is 3. The lowest BCUT2D eigenvalue weighted by atomic mass is 10.3. The van der Waals surface area contributed by atoms with Gasteiger partial charge in [-0.25, -0.2) is 4.98 Å². The normalized spacial score (nSPS) is 10.1. The van der Waals surface area contributed by atoms with Crippen molar-refractivity contribution >= 4 is 39.6 Å². The van der Waals surface area contributed by atoms with Crippen LogP contribution < -0.4 is 5.73 Å². The number of nitrogens with two attached hydrogens (primary N) is 1. The van der Waals surface area contributed by atoms with Gasteiger partial charge in [-0.15, -0.1) is 0 Å². The van der Waals surface area contributed by atoms with E-state index in [0.717, 1.165) is 0 Å². The van der Waals surface area contributed by atoms with E-state index in [1.165, 1.54) is 11.3 Å². The Morgan fingerprint density at radius 2 is 2.38 bits per heavy atom. The van der Waals surface area contributed by atoms with Crippen molar-refractivity contribution < 1.29 is 0 Å². The molecule has 5 nitrogen and oxygen atoms in total. The quantitative estimate of drug-likeness (QED) is 0.636. The third-order valence-corrected chi connectivity index (χ3v) is 2.53. The summed E-state index contributed by atoms with van der Waals surface area (Å²) in [4.78, 5) is 3.99. The lowest BCUT2D eigenvalue weighted by Crippen LogP contribution is -1.86. The van der Waals surface area contributed by atoms with Crippen LogP contribution in [0.15, 0.2) is 0 Å². The maximum atomic E-state index is 8.68. The number of fused-ring (bicyclic) bond motifs is 1. The Labute approximate surface area is 81.8 Å². The first-order valence-electron chi connectivity index (χ1n) is 3.27. The van der Waals surface area contributed by atoms with E-state index in [1.54, 1.807) is 0 Å². The van der Waals surface area contributed by atoms with Gasteiger partial charge in [0.25, 0.3) is 0 Å². The first-order chi connectivity index (χ1) is 6.22. The molecule has 0 bridgehead atoms. The Balaban J connectivity index is 3.00. The third kappa shape index (κ3) is 1.16. The summed E-state index contributed by atoms with van der Waals surface area (Å²) < 4.78 is 0.429. The number of nitriles is 1. The minimum absolute atomic E-state index is 0.256. The van der Waals surface area contributed by atoms with E-state index < -0.39 is 0 Å². The van der Waals surface area contributed by atoms with Crippen molar-refractivity contribution in [2.45, 2.75) is 0 Å².